The number of ketones is 1. The Morgan fingerprint density at radius 3 is 2.28 bits per heavy atom. The van der Waals surface area contributed by atoms with Crippen molar-refractivity contribution in [3.63, 3.8) is 0 Å². The lowest BCUT2D eigenvalue weighted by atomic mass is 10.1. The molecule has 0 radical (unpaired) electrons. The Morgan fingerprint density at radius 2 is 1.69 bits per heavy atom. The minimum atomic E-state index is -0.636. The van der Waals surface area contributed by atoms with Gasteiger partial charge in [0.15, 0.2) is 17.3 Å². The summed E-state index contributed by atoms with van der Waals surface area (Å²) in [5, 5.41) is 0. The molecule has 3 aromatic rings. The second-order valence-electron chi connectivity index (χ2n) is 6.82. The highest BCUT2D eigenvalue weighted by atomic mass is 16.5. The Morgan fingerprint density at radius 1 is 0.969 bits per heavy atom. The molecule has 1 aliphatic heterocycles. The lowest BCUT2D eigenvalue weighted by Crippen LogP contribution is -2.10. The SMILES string of the molecule is COc1cc(C(=O)Oc2ccc3c(c2C)O/C(=C\c2ccco2)C3=O)cc(OC)c1OC. The third-order valence-corrected chi connectivity index (χ3v) is 4.96. The molecule has 32 heavy (non-hydrogen) atoms. The number of allylic oxidation sites excluding steroid dienone is 1. The number of ether oxygens (including phenoxy) is 5. The molecule has 0 bridgehead atoms. The molecule has 0 amide bonds. The second kappa shape index (κ2) is 8.50. The van der Waals surface area contributed by atoms with Crippen LogP contribution >= 0.6 is 0 Å². The molecule has 1 aliphatic rings. The lowest BCUT2D eigenvalue weighted by Gasteiger charge is -2.14. The van der Waals surface area contributed by atoms with Gasteiger partial charge in [-0.3, -0.25) is 4.79 Å². The summed E-state index contributed by atoms with van der Waals surface area (Å²) in [6, 6.07) is 9.54. The maximum Gasteiger partial charge on any atom is 0.343 e. The van der Waals surface area contributed by atoms with Crippen LogP contribution in [0.5, 0.6) is 28.7 Å². The molecule has 164 valence electrons. The monoisotopic (exact) mass is 436 g/mol. The molecule has 4 rings (SSSR count). The number of rotatable bonds is 6. The van der Waals surface area contributed by atoms with Gasteiger partial charge in [0.05, 0.1) is 38.7 Å². The van der Waals surface area contributed by atoms with Crippen molar-refractivity contribution < 1.29 is 37.7 Å². The fraction of sp³-hybridized carbons (Fsp3) is 0.167. The van der Waals surface area contributed by atoms with Gasteiger partial charge in [0.2, 0.25) is 11.5 Å². The normalized spacial score (nSPS) is 13.5. The van der Waals surface area contributed by atoms with Crippen molar-refractivity contribution in [2.24, 2.45) is 0 Å². The van der Waals surface area contributed by atoms with E-state index >= 15 is 0 Å². The molecule has 0 unspecified atom stereocenters. The van der Waals surface area contributed by atoms with Crippen molar-refractivity contribution in [3.05, 3.63) is 70.9 Å². The summed E-state index contributed by atoms with van der Waals surface area (Å²) in [4.78, 5) is 25.5. The summed E-state index contributed by atoms with van der Waals surface area (Å²) in [6.45, 7) is 1.71. The number of furan rings is 1. The predicted octanol–water partition coefficient (Wildman–Crippen LogP) is 4.45. The summed E-state index contributed by atoms with van der Waals surface area (Å²) in [6.07, 6.45) is 3.02. The van der Waals surface area contributed by atoms with E-state index in [-0.39, 0.29) is 22.9 Å². The molecule has 8 nitrogen and oxygen atoms in total. The summed E-state index contributed by atoms with van der Waals surface area (Å²) in [7, 11) is 4.39. The van der Waals surface area contributed by atoms with Gasteiger partial charge in [-0.15, -0.1) is 0 Å². The van der Waals surface area contributed by atoms with E-state index < -0.39 is 5.97 Å². The van der Waals surface area contributed by atoms with Crippen LogP contribution in [0.3, 0.4) is 0 Å². The lowest BCUT2D eigenvalue weighted by molar-refractivity contribution is 0.0732. The van der Waals surface area contributed by atoms with Gasteiger partial charge in [0.25, 0.3) is 0 Å². The minimum Gasteiger partial charge on any atom is -0.493 e. The van der Waals surface area contributed by atoms with Crippen LogP contribution < -0.4 is 23.7 Å². The smallest absolute Gasteiger partial charge is 0.343 e. The highest BCUT2D eigenvalue weighted by Gasteiger charge is 2.31. The molecule has 0 saturated heterocycles. The molecule has 8 heteroatoms. The minimum absolute atomic E-state index is 0.131. The molecule has 0 atom stereocenters. The van der Waals surface area contributed by atoms with Crippen molar-refractivity contribution in [2.75, 3.05) is 21.3 Å². The standard InChI is InChI=1S/C24H20O8/c1-13-17(32-24(26)14-10-19(27-2)23(29-4)20(11-14)28-3)8-7-16-21(25)18(31-22(13)16)12-15-6-5-9-30-15/h5-12H,1-4H3/b18-12-. The largest absolute Gasteiger partial charge is 0.493 e. The topological polar surface area (TPSA) is 93.4 Å². The van der Waals surface area contributed by atoms with Crippen LogP contribution in [0.2, 0.25) is 0 Å². The highest BCUT2D eigenvalue weighted by molar-refractivity contribution is 6.14. The van der Waals surface area contributed by atoms with Crippen molar-refractivity contribution >= 4 is 17.8 Å². The Kier molecular flexibility index (Phi) is 5.59. The number of hydrogen-bond donors (Lipinski definition) is 0. The average Bonchev–Trinajstić information content (AvgIpc) is 3.43. The third-order valence-electron chi connectivity index (χ3n) is 4.96. The zero-order valence-corrected chi connectivity index (χ0v) is 17.9. The quantitative estimate of drug-likeness (QED) is 0.318. The molecule has 0 fully saturated rings. The van der Waals surface area contributed by atoms with E-state index in [9.17, 15) is 9.59 Å². The molecular weight excluding hydrogens is 416 g/mol. The molecule has 0 N–H and O–H groups in total. The van der Waals surface area contributed by atoms with E-state index in [0.29, 0.717) is 39.9 Å². The Bertz CT molecular complexity index is 1200. The van der Waals surface area contributed by atoms with E-state index in [1.165, 1.54) is 45.8 Å². The summed E-state index contributed by atoms with van der Waals surface area (Å²) in [5.41, 5.74) is 1.10. The number of hydrogen-bond acceptors (Lipinski definition) is 8. The molecule has 1 aromatic heterocycles. The number of carbonyl (C=O) groups excluding carboxylic acids is 2. The van der Waals surface area contributed by atoms with E-state index in [4.69, 9.17) is 28.1 Å². The number of methoxy groups -OCH3 is 3. The van der Waals surface area contributed by atoms with Crippen molar-refractivity contribution in [1.82, 2.24) is 0 Å². The van der Waals surface area contributed by atoms with Gasteiger partial charge in [-0.05, 0) is 43.3 Å². The van der Waals surface area contributed by atoms with E-state index in [0.717, 1.165) is 0 Å². The van der Waals surface area contributed by atoms with Gasteiger partial charge in [-0.25, -0.2) is 4.79 Å². The van der Waals surface area contributed by atoms with Gasteiger partial charge in [0.1, 0.15) is 17.3 Å². The third kappa shape index (κ3) is 3.66. The van der Waals surface area contributed by atoms with Crippen molar-refractivity contribution in [2.45, 2.75) is 6.92 Å². The van der Waals surface area contributed by atoms with E-state index in [1.54, 1.807) is 31.2 Å². The van der Waals surface area contributed by atoms with Crippen LogP contribution in [-0.2, 0) is 0 Å². The molecule has 0 spiro atoms. The van der Waals surface area contributed by atoms with Gasteiger partial charge in [0, 0.05) is 11.6 Å². The number of fused-ring (bicyclic) bond motifs is 1. The van der Waals surface area contributed by atoms with Crippen LogP contribution in [-0.4, -0.2) is 33.1 Å². The van der Waals surface area contributed by atoms with Gasteiger partial charge in [-0.2, -0.15) is 0 Å². The first-order valence-corrected chi connectivity index (χ1v) is 9.60. The number of Topliss-reactive ketones (excluding diaryl/α,β-unsaturated/α-hetero) is 1. The summed E-state index contributed by atoms with van der Waals surface area (Å²) in [5.74, 6) is 1.32. The Balaban J connectivity index is 1.62. The van der Waals surface area contributed by atoms with Crippen LogP contribution in [0.15, 0.2) is 52.8 Å². The molecule has 2 heterocycles. The second-order valence-corrected chi connectivity index (χ2v) is 6.82. The summed E-state index contributed by atoms with van der Waals surface area (Å²) >= 11 is 0. The maximum absolute atomic E-state index is 12.8. The zero-order valence-electron chi connectivity index (χ0n) is 17.9. The zero-order chi connectivity index (χ0) is 22.8. The molecule has 0 aliphatic carbocycles. The summed E-state index contributed by atoms with van der Waals surface area (Å²) < 4.78 is 32.4. The fourth-order valence-electron chi connectivity index (χ4n) is 3.34. The van der Waals surface area contributed by atoms with E-state index in [2.05, 4.69) is 0 Å². The van der Waals surface area contributed by atoms with Gasteiger partial charge < -0.3 is 28.1 Å². The van der Waals surface area contributed by atoms with Crippen LogP contribution in [0, 0.1) is 6.92 Å². The number of benzene rings is 2. The molecule has 0 saturated carbocycles. The predicted molar refractivity (Wildman–Crippen MR) is 114 cm³/mol. The van der Waals surface area contributed by atoms with Crippen LogP contribution in [0.25, 0.3) is 6.08 Å². The van der Waals surface area contributed by atoms with Gasteiger partial charge >= 0.3 is 5.97 Å². The Hall–Kier alpha value is -4.20. The maximum atomic E-state index is 12.8. The van der Waals surface area contributed by atoms with Crippen LogP contribution in [0.1, 0.15) is 32.0 Å². The van der Waals surface area contributed by atoms with Crippen molar-refractivity contribution in [1.29, 1.82) is 0 Å². The average molecular weight is 436 g/mol. The Labute approximate surface area is 183 Å². The van der Waals surface area contributed by atoms with Crippen molar-refractivity contribution in [3.8, 4) is 28.7 Å². The molecule has 2 aromatic carbocycles. The first kappa shape index (κ1) is 21.0. The fourth-order valence-corrected chi connectivity index (χ4v) is 3.34. The van der Waals surface area contributed by atoms with Gasteiger partial charge in [-0.1, -0.05) is 0 Å². The molecular formula is C24H20O8. The van der Waals surface area contributed by atoms with Crippen LogP contribution in [0.4, 0.5) is 0 Å². The first-order chi connectivity index (χ1) is 15.5. The highest BCUT2D eigenvalue weighted by Crippen LogP contribution is 2.41. The number of carbonyl (C=O) groups is 2. The number of esters is 1. The first-order valence-electron chi connectivity index (χ1n) is 9.60. The van der Waals surface area contributed by atoms with E-state index in [1.807, 2.05) is 0 Å².